The zero-order valence-electron chi connectivity index (χ0n) is 14.9. The van der Waals surface area contributed by atoms with E-state index >= 15 is 0 Å². The molecule has 1 saturated heterocycles. The van der Waals surface area contributed by atoms with Crippen molar-refractivity contribution in [3.05, 3.63) is 76.6 Å². The number of hydrogen-bond acceptors (Lipinski definition) is 4. The SMILES string of the molecule is CC(C)=CCc1ccc(C2CC(=Cc3ccc(O)cc3)OC2=O)cc1O. The van der Waals surface area contributed by atoms with E-state index in [0.29, 0.717) is 18.6 Å². The maximum absolute atomic E-state index is 12.2. The first kappa shape index (κ1) is 17.8. The van der Waals surface area contributed by atoms with Crippen LogP contribution >= 0.6 is 0 Å². The van der Waals surface area contributed by atoms with Gasteiger partial charge in [-0.3, -0.25) is 4.79 Å². The third-order valence-corrected chi connectivity index (χ3v) is 4.38. The van der Waals surface area contributed by atoms with Gasteiger partial charge in [-0.1, -0.05) is 35.9 Å². The van der Waals surface area contributed by atoms with Crippen LogP contribution in [0.1, 0.15) is 42.9 Å². The zero-order valence-corrected chi connectivity index (χ0v) is 14.9. The fourth-order valence-corrected chi connectivity index (χ4v) is 2.91. The number of cyclic esters (lactones) is 1. The highest BCUT2D eigenvalue weighted by Crippen LogP contribution is 2.36. The van der Waals surface area contributed by atoms with Crippen molar-refractivity contribution >= 4 is 12.0 Å². The van der Waals surface area contributed by atoms with Crippen molar-refractivity contribution in [2.75, 3.05) is 0 Å². The van der Waals surface area contributed by atoms with Gasteiger partial charge in [0.2, 0.25) is 0 Å². The highest BCUT2D eigenvalue weighted by atomic mass is 16.5. The summed E-state index contributed by atoms with van der Waals surface area (Å²) in [4.78, 5) is 12.2. The van der Waals surface area contributed by atoms with E-state index in [2.05, 4.69) is 6.08 Å². The predicted octanol–water partition coefficient (Wildman–Crippen LogP) is 4.68. The van der Waals surface area contributed by atoms with Crippen LogP contribution in [0.3, 0.4) is 0 Å². The van der Waals surface area contributed by atoms with E-state index in [9.17, 15) is 15.0 Å². The molecule has 26 heavy (non-hydrogen) atoms. The maximum Gasteiger partial charge on any atom is 0.318 e. The number of allylic oxidation sites excluding steroid dienone is 3. The number of carbonyl (C=O) groups is 1. The summed E-state index contributed by atoms with van der Waals surface area (Å²) in [6.07, 6.45) is 4.96. The largest absolute Gasteiger partial charge is 0.508 e. The van der Waals surface area contributed by atoms with Gasteiger partial charge in [0.25, 0.3) is 0 Å². The van der Waals surface area contributed by atoms with E-state index in [4.69, 9.17) is 4.74 Å². The third-order valence-electron chi connectivity index (χ3n) is 4.38. The molecule has 1 aliphatic heterocycles. The first-order valence-corrected chi connectivity index (χ1v) is 8.59. The first-order valence-electron chi connectivity index (χ1n) is 8.59. The van der Waals surface area contributed by atoms with Crippen molar-refractivity contribution in [2.24, 2.45) is 0 Å². The van der Waals surface area contributed by atoms with E-state index < -0.39 is 5.92 Å². The Bertz CT molecular complexity index is 872. The predicted molar refractivity (Wildman–Crippen MR) is 101 cm³/mol. The van der Waals surface area contributed by atoms with Gasteiger partial charge in [0.05, 0.1) is 5.92 Å². The molecule has 1 atom stereocenters. The highest BCUT2D eigenvalue weighted by Gasteiger charge is 2.32. The summed E-state index contributed by atoms with van der Waals surface area (Å²) in [7, 11) is 0. The minimum Gasteiger partial charge on any atom is -0.508 e. The van der Waals surface area contributed by atoms with Crippen LogP contribution in [0, 0.1) is 0 Å². The Morgan fingerprint density at radius 2 is 1.88 bits per heavy atom. The van der Waals surface area contributed by atoms with Gasteiger partial charge in [-0.25, -0.2) is 0 Å². The van der Waals surface area contributed by atoms with E-state index in [1.165, 1.54) is 5.57 Å². The lowest BCUT2D eigenvalue weighted by Gasteiger charge is -2.09. The number of esters is 1. The lowest BCUT2D eigenvalue weighted by atomic mass is 9.94. The molecule has 4 nitrogen and oxygen atoms in total. The number of carbonyl (C=O) groups excluding carboxylic acids is 1. The molecule has 2 N–H and O–H groups in total. The van der Waals surface area contributed by atoms with Gasteiger partial charge in [0.1, 0.15) is 17.3 Å². The van der Waals surface area contributed by atoms with Crippen LogP contribution < -0.4 is 0 Å². The van der Waals surface area contributed by atoms with E-state index in [-0.39, 0.29) is 17.5 Å². The molecule has 0 bridgehead atoms. The number of ether oxygens (including phenoxy) is 1. The Morgan fingerprint density at radius 1 is 1.15 bits per heavy atom. The molecule has 134 valence electrons. The molecule has 0 spiro atoms. The monoisotopic (exact) mass is 350 g/mol. The molecule has 2 aromatic rings. The standard InChI is InChI=1S/C22H22O4/c1-14(2)3-6-16-7-8-17(12-21(16)24)20-13-19(26-22(20)25)11-15-4-9-18(23)10-5-15/h3-5,7-12,20,23-24H,6,13H2,1-2H3. The van der Waals surface area contributed by atoms with E-state index in [1.54, 1.807) is 36.4 Å². The summed E-state index contributed by atoms with van der Waals surface area (Å²) in [5.74, 6) is 0.243. The van der Waals surface area contributed by atoms with Gasteiger partial charge in [-0.15, -0.1) is 0 Å². The van der Waals surface area contributed by atoms with Crippen LogP contribution in [0.5, 0.6) is 11.5 Å². The molecular formula is C22H22O4. The lowest BCUT2D eigenvalue weighted by Crippen LogP contribution is -2.05. The van der Waals surface area contributed by atoms with Crippen LogP contribution in [0.4, 0.5) is 0 Å². The number of rotatable bonds is 4. The smallest absolute Gasteiger partial charge is 0.318 e. The van der Waals surface area contributed by atoms with Gasteiger partial charge >= 0.3 is 5.97 Å². The van der Waals surface area contributed by atoms with Gasteiger partial charge in [-0.2, -0.15) is 0 Å². The molecule has 4 heteroatoms. The van der Waals surface area contributed by atoms with Crippen molar-refractivity contribution in [3.8, 4) is 11.5 Å². The second-order valence-corrected chi connectivity index (χ2v) is 6.75. The molecule has 1 fully saturated rings. The number of aromatic hydroxyl groups is 2. The number of phenolic OH excluding ortho intramolecular Hbond substituents is 2. The Hall–Kier alpha value is -3.01. The lowest BCUT2D eigenvalue weighted by molar-refractivity contribution is -0.136. The quantitative estimate of drug-likeness (QED) is 0.621. The van der Waals surface area contributed by atoms with Crippen molar-refractivity contribution in [3.63, 3.8) is 0 Å². The summed E-state index contributed by atoms with van der Waals surface area (Å²) in [5, 5.41) is 19.6. The van der Waals surface area contributed by atoms with Crippen molar-refractivity contribution in [2.45, 2.75) is 32.6 Å². The molecule has 1 unspecified atom stereocenters. The molecule has 0 radical (unpaired) electrons. The Kier molecular flexibility index (Phi) is 5.12. The minimum absolute atomic E-state index is 0.192. The Morgan fingerprint density at radius 3 is 2.54 bits per heavy atom. The van der Waals surface area contributed by atoms with Crippen LogP contribution in [0.15, 0.2) is 59.9 Å². The van der Waals surface area contributed by atoms with E-state index in [0.717, 1.165) is 16.7 Å². The molecule has 0 amide bonds. The fraction of sp³-hybridized carbons (Fsp3) is 0.227. The van der Waals surface area contributed by atoms with Gasteiger partial charge in [-0.05, 0) is 61.2 Å². The number of benzene rings is 2. The summed E-state index contributed by atoms with van der Waals surface area (Å²) in [6, 6.07) is 12.1. The second kappa shape index (κ2) is 7.48. The van der Waals surface area contributed by atoms with Crippen molar-refractivity contribution < 1.29 is 19.7 Å². The molecule has 1 aliphatic rings. The van der Waals surface area contributed by atoms with Crippen LogP contribution in [0.25, 0.3) is 6.08 Å². The average molecular weight is 350 g/mol. The van der Waals surface area contributed by atoms with Crippen molar-refractivity contribution in [1.82, 2.24) is 0 Å². The maximum atomic E-state index is 12.2. The minimum atomic E-state index is -0.415. The molecule has 0 aromatic heterocycles. The van der Waals surface area contributed by atoms with E-state index in [1.807, 2.05) is 26.0 Å². The van der Waals surface area contributed by atoms with Gasteiger partial charge < -0.3 is 14.9 Å². The van der Waals surface area contributed by atoms with Crippen LogP contribution in [-0.2, 0) is 16.0 Å². The van der Waals surface area contributed by atoms with Gasteiger partial charge in [0.15, 0.2) is 0 Å². The van der Waals surface area contributed by atoms with Crippen LogP contribution in [0.2, 0.25) is 0 Å². The molecule has 1 heterocycles. The third kappa shape index (κ3) is 4.14. The normalized spacial score (nSPS) is 18.0. The first-order chi connectivity index (χ1) is 12.4. The second-order valence-electron chi connectivity index (χ2n) is 6.75. The number of phenols is 2. The van der Waals surface area contributed by atoms with Gasteiger partial charge in [0, 0.05) is 6.42 Å². The topological polar surface area (TPSA) is 66.8 Å². The number of hydrogen-bond donors (Lipinski definition) is 2. The van der Waals surface area contributed by atoms with Crippen LogP contribution in [-0.4, -0.2) is 16.2 Å². The fourth-order valence-electron chi connectivity index (χ4n) is 2.91. The molecule has 0 aliphatic carbocycles. The Labute approximate surface area is 153 Å². The average Bonchev–Trinajstić information content (AvgIpc) is 2.96. The zero-order chi connectivity index (χ0) is 18.7. The molecule has 0 saturated carbocycles. The molecular weight excluding hydrogens is 328 g/mol. The summed E-state index contributed by atoms with van der Waals surface area (Å²) in [6.45, 7) is 4.03. The molecule has 3 rings (SSSR count). The summed E-state index contributed by atoms with van der Waals surface area (Å²) >= 11 is 0. The van der Waals surface area contributed by atoms with Crippen molar-refractivity contribution in [1.29, 1.82) is 0 Å². The highest BCUT2D eigenvalue weighted by molar-refractivity contribution is 5.83. The molecule has 2 aromatic carbocycles. The Balaban J connectivity index is 1.77. The summed E-state index contributed by atoms with van der Waals surface area (Å²) < 4.78 is 5.38. The summed E-state index contributed by atoms with van der Waals surface area (Å²) in [5.41, 5.74) is 3.63.